The molecule has 1 aromatic carbocycles. The van der Waals surface area contributed by atoms with Crippen molar-refractivity contribution in [2.24, 2.45) is 0 Å². The van der Waals surface area contributed by atoms with Gasteiger partial charge in [-0.15, -0.1) is 0 Å². The fraction of sp³-hybridized carbons (Fsp3) is 0.400. The smallest absolute Gasteiger partial charge is 0.0991 e. The molecular weight excluding hydrogens is 344 g/mol. The number of allylic oxidation sites excluding steroid dienone is 1. The second-order valence-electron chi connectivity index (χ2n) is 8.23. The molecule has 3 heteroatoms. The molecule has 3 nitrogen and oxygen atoms in total. The summed E-state index contributed by atoms with van der Waals surface area (Å²) in [5, 5.41) is 11.8. The van der Waals surface area contributed by atoms with Gasteiger partial charge in [-0.1, -0.05) is 24.3 Å². The number of aromatic nitrogens is 1. The third kappa shape index (κ3) is 2.84. The van der Waals surface area contributed by atoms with E-state index in [0.717, 1.165) is 31.4 Å². The Balaban J connectivity index is 1.71. The van der Waals surface area contributed by atoms with Gasteiger partial charge >= 0.3 is 0 Å². The molecule has 5 rings (SSSR count). The van der Waals surface area contributed by atoms with Crippen molar-refractivity contribution in [2.45, 2.75) is 57.5 Å². The second kappa shape index (κ2) is 7.11. The Morgan fingerprint density at radius 3 is 2.93 bits per heavy atom. The molecule has 2 atom stereocenters. The molecule has 1 fully saturated rings. The zero-order valence-electron chi connectivity index (χ0n) is 16.4. The number of nitrogens with one attached hydrogen (secondary N) is 1. The highest BCUT2D eigenvalue weighted by Gasteiger charge is 2.28. The van der Waals surface area contributed by atoms with Crippen LogP contribution in [-0.4, -0.2) is 17.7 Å². The van der Waals surface area contributed by atoms with Gasteiger partial charge in [-0.05, 0) is 79.8 Å². The highest BCUT2D eigenvalue weighted by atomic mass is 16.5. The molecule has 0 saturated carbocycles. The van der Waals surface area contributed by atoms with Gasteiger partial charge in [0.15, 0.2) is 0 Å². The standard InChI is InChI=1S/C25H26N2O/c1-16-14-17(15-26)9-10-18(16)19-11-12-21(23-8-4-5-13-28-23)25-24(19)20-6-2-3-7-22(20)27-25/h7,9-12,14,19,23,27H,2-6,8,13H2,1H3. The summed E-state index contributed by atoms with van der Waals surface area (Å²) in [6.45, 7) is 2.99. The van der Waals surface area contributed by atoms with Crippen LogP contribution < -0.4 is 10.7 Å². The van der Waals surface area contributed by atoms with Gasteiger partial charge in [-0.2, -0.15) is 5.26 Å². The van der Waals surface area contributed by atoms with Crippen molar-refractivity contribution in [1.82, 2.24) is 4.98 Å². The molecule has 142 valence electrons. The maximum absolute atomic E-state index is 9.23. The van der Waals surface area contributed by atoms with E-state index < -0.39 is 0 Å². The van der Waals surface area contributed by atoms with Gasteiger partial charge in [0, 0.05) is 28.8 Å². The summed E-state index contributed by atoms with van der Waals surface area (Å²) < 4.78 is 6.15. The summed E-state index contributed by atoms with van der Waals surface area (Å²) in [7, 11) is 0. The van der Waals surface area contributed by atoms with E-state index in [0.29, 0.717) is 0 Å². The lowest BCUT2D eigenvalue weighted by Gasteiger charge is -2.27. The fourth-order valence-electron chi connectivity index (χ4n) is 5.10. The van der Waals surface area contributed by atoms with Crippen molar-refractivity contribution < 1.29 is 4.74 Å². The normalized spacial score (nSPS) is 23.5. The van der Waals surface area contributed by atoms with E-state index in [1.807, 2.05) is 12.1 Å². The molecule has 2 heterocycles. The van der Waals surface area contributed by atoms with E-state index in [1.54, 1.807) is 0 Å². The van der Waals surface area contributed by atoms with Crippen LogP contribution in [0, 0.1) is 18.3 Å². The molecule has 1 aromatic heterocycles. The van der Waals surface area contributed by atoms with Crippen molar-refractivity contribution in [1.29, 1.82) is 5.26 Å². The number of ether oxygens (including phenoxy) is 1. The molecule has 0 radical (unpaired) electrons. The predicted molar refractivity (Wildman–Crippen MR) is 111 cm³/mol. The summed E-state index contributed by atoms with van der Waals surface area (Å²) in [4.78, 5) is 3.77. The lowest BCUT2D eigenvalue weighted by molar-refractivity contribution is 0.0526. The molecule has 1 aliphatic heterocycles. The minimum atomic E-state index is 0.201. The van der Waals surface area contributed by atoms with E-state index in [2.05, 4.69) is 42.3 Å². The second-order valence-corrected chi connectivity index (χ2v) is 8.23. The number of hydrogen-bond donors (Lipinski definition) is 1. The topological polar surface area (TPSA) is 48.8 Å². The molecule has 0 amide bonds. The summed E-state index contributed by atoms with van der Waals surface area (Å²) in [5.74, 6) is 0.238. The van der Waals surface area contributed by atoms with Crippen LogP contribution in [0.2, 0.25) is 0 Å². The lowest BCUT2D eigenvalue weighted by atomic mass is 9.80. The van der Waals surface area contributed by atoms with Crippen LogP contribution in [0.4, 0.5) is 0 Å². The van der Waals surface area contributed by atoms with Crippen LogP contribution in [0.15, 0.2) is 30.4 Å². The summed E-state index contributed by atoms with van der Waals surface area (Å²) >= 11 is 0. The molecule has 0 spiro atoms. The monoisotopic (exact) mass is 370 g/mol. The van der Waals surface area contributed by atoms with Gasteiger partial charge in [-0.3, -0.25) is 0 Å². The van der Waals surface area contributed by atoms with E-state index in [9.17, 15) is 5.26 Å². The fourth-order valence-corrected chi connectivity index (χ4v) is 5.10. The van der Waals surface area contributed by atoms with Crippen molar-refractivity contribution in [3.05, 3.63) is 68.9 Å². The maximum atomic E-state index is 9.23. The largest absolute Gasteiger partial charge is 0.373 e. The van der Waals surface area contributed by atoms with Gasteiger partial charge < -0.3 is 9.72 Å². The van der Waals surface area contributed by atoms with Crippen molar-refractivity contribution in [2.75, 3.05) is 6.61 Å². The lowest BCUT2D eigenvalue weighted by Crippen LogP contribution is -2.29. The number of hydrogen-bond acceptors (Lipinski definition) is 2. The predicted octanol–water partition coefficient (Wildman–Crippen LogP) is 3.73. The number of H-pyrrole nitrogens is 1. The molecular formula is C25H26N2O. The molecule has 2 unspecified atom stereocenters. The summed E-state index contributed by atoms with van der Waals surface area (Å²) in [6.07, 6.45) is 14.2. The molecule has 28 heavy (non-hydrogen) atoms. The van der Waals surface area contributed by atoms with Crippen LogP contribution >= 0.6 is 0 Å². The van der Waals surface area contributed by atoms with E-state index in [4.69, 9.17) is 4.74 Å². The molecule has 1 N–H and O–H groups in total. The Kier molecular flexibility index (Phi) is 4.45. The molecule has 1 saturated heterocycles. The van der Waals surface area contributed by atoms with Crippen molar-refractivity contribution in [3.63, 3.8) is 0 Å². The number of aryl methyl sites for hydroxylation is 1. The Morgan fingerprint density at radius 2 is 2.14 bits per heavy atom. The minimum absolute atomic E-state index is 0.201. The van der Waals surface area contributed by atoms with Gasteiger partial charge in [0.05, 0.1) is 17.7 Å². The number of nitriles is 1. The quantitative estimate of drug-likeness (QED) is 0.876. The Morgan fingerprint density at radius 1 is 1.21 bits per heavy atom. The number of benzene rings is 1. The third-order valence-corrected chi connectivity index (χ3v) is 6.49. The summed E-state index contributed by atoms with van der Waals surface area (Å²) in [5.41, 5.74) is 7.45. The highest BCUT2D eigenvalue weighted by molar-refractivity contribution is 5.67. The molecule has 2 aromatic rings. The van der Waals surface area contributed by atoms with Crippen LogP contribution in [0.25, 0.3) is 11.6 Å². The first-order valence-corrected chi connectivity index (χ1v) is 10.5. The number of fused-ring (bicyclic) bond motifs is 3. The zero-order valence-corrected chi connectivity index (χ0v) is 16.4. The van der Waals surface area contributed by atoms with Crippen LogP contribution in [0.5, 0.6) is 0 Å². The van der Waals surface area contributed by atoms with E-state index >= 15 is 0 Å². The van der Waals surface area contributed by atoms with Crippen molar-refractivity contribution in [3.8, 4) is 6.07 Å². The average Bonchev–Trinajstić information content (AvgIpc) is 3.13. The zero-order chi connectivity index (χ0) is 19.1. The highest BCUT2D eigenvalue weighted by Crippen LogP contribution is 2.34. The van der Waals surface area contributed by atoms with Crippen molar-refractivity contribution >= 4 is 11.6 Å². The number of rotatable bonds is 2. The summed E-state index contributed by atoms with van der Waals surface area (Å²) in [6, 6.07) is 8.36. The first-order valence-electron chi connectivity index (χ1n) is 10.5. The Labute approximate surface area is 166 Å². The number of aromatic amines is 1. The van der Waals surface area contributed by atoms with Crippen LogP contribution in [-0.2, 0) is 11.2 Å². The van der Waals surface area contributed by atoms with Crippen LogP contribution in [0.1, 0.15) is 65.8 Å². The Hall–Kier alpha value is -2.57. The SMILES string of the molecule is Cc1cc(C#N)ccc1C1C=CC(C2CCCCO2)=c2[nH]c3c(c21)CCCC=3. The van der Waals surface area contributed by atoms with Gasteiger partial charge in [-0.25, -0.2) is 0 Å². The first-order chi connectivity index (χ1) is 13.8. The minimum Gasteiger partial charge on any atom is -0.373 e. The maximum Gasteiger partial charge on any atom is 0.0991 e. The number of nitrogens with zero attached hydrogens (tertiary/aromatic N) is 1. The van der Waals surface area contributed by atoms with Crippen LogP contribution in [0.3, 0.4) is 0 Å². The molecule has 2 aliphatic carbocycles. The molecule has 3 aliphatic rings. The van der Waals surface area contributed by atoms with E-state index in [-0.39, 0.29) is 12.0 Å². The van der Waals surface area contributed by atoms with Gasteiger partial charge in [0.2, 0.25) is 0 Å². The van der Waals surface area contributed by atoms with Gasteiger partial charge in [0.1, 0.15) is 0 Å². The molecule has 0 bridgehead atoms. The Bertz CT molecular complexity index is 1110. The first kappa shape index (κ1) is 17.5. The van der Waals surface area contributed by atoms with Gasteiger partial charge in [0.25, 0.3) is 0 Å². The van der Waals surface area contributed by atoms with E-state index in [1.165, 1.54) is 57.8 Å². The average molecular weight is 370 g/mol. The third-order valence-electron chi connectivity index (χ3n) is 6.49.